The van der Waals surface area contributed by atoms with E-state index in [1.54, 1.807) is 0 Å². The highest BCUT2D eigenvalue weighted by molar-refractivity contribution is 8.00. The van der Waals surface area contributed by atoms with Gasteiger partial charge in [-0.15, -0.1) is 34.0 Å². The molecular weight excluding hydrogens is 1780 g/mol. The molecule has 0 fully saturated rings. The molecule has 3 spiro atoms. The lowest BCUT2D eigenvalue weighted by atomic mass is 9.66. The van der Waals surface area contributed by atoms with Crippen LogP contribution < -0.4 is 16.0 Å². The van der Waals surface area contributed by atoms with Crippen molar-refractivity contribution in [2.75, 3.05) is 16.0 Å². The fraction of sp³-hybridized carbons (Fsp3) is 0.0233. The molecule has 1 unspecified atom stereocenters. The molecule has 0 saturated carbocycles. The van der Waals surface area contributed by atoms with E-state index in [0.717, 1.165) is 34.1 Å². The highest BCUT2D eigenvalue weighted by Crippen LogP contribution is 2.68. The van der Waals surface area contributed by atoms with E-state index in [2.05, 4.69) is 477 Å². The molecule has 3 aliphatic heterocycles. The molecule has 6 aliphatic rings. The molecule has 0 bridgehead atoms. The molecule has 1 atom stereocenters. The molecule has 9 heteroatoms. The van der Waals surface area contributed by atoms with Crippen LogP contribution in [0.4, 0.5) is 34.1 Å². The molecule has 3 aliphatic carbocycles. The zero-order valence-electron chi connectivity index (χ0n) is 74.3. The van der Waals surface area contributed by atoms with Gasteiger partial charge in [0.15, 0.2) is 0 Å². The Bertz CT molecular complexity index is 9410. The highest BCUT2D eigenvalue weighted by atomic mass is 32.2. The predicted octanol–water partition coefficient (Wildman–Crippen LogP) is 37.0. The summed E-state index contributed by atoms with van der Waals surface area (Å²) in [5, 5.41) is 27.3. The standard InChI is InChI=1S/C47H29NS2.2C41H25NS2/c1-2-13-31-29(12-1)24-26-40(48-39-20-11-23-44-46(39)34-16-5-9-21-41(34)49-44)45(31)30-25-27-43-38(28-30)47(37-19-8-10-22-42(37)50-43)35-17-6-3-14-32(35)33-15-4-7-18-36(33)47;1-2-11-26-23-39-33(22-25(26)10-1)41(31-15-6-3-12-28(31)29-13-4-7-16-32(29)41)34-24-27(20-21-37(34)44-39)42-35-17-9-19-38-40(35)30-14-5-8-18-36(30)43-38;1-2-12-26-25(11-1)23-24-31-38(26)27-13-3-5-15-29(27)41(31)30-16-6-8-20-35(30)44-37-22-10-18-33(40(37)41)42-32-17-9-21-36-39(32)28-14-4-7-19-34(28)43-36/h1-28,48H;2*1-24,42H. The van der Waals surface area contributed by atoms with Gasteiger partial charge >= 0.3 is 0 Å². The van der Waals surface area contributed by atoms with Gasteiger partial charge in [-0.25, -0.2) is 0 Å². The average Bonchev–Trinajstić information content (AvgIpc) is 1.50. The zero-order chi connectivity index (χ0) is 90.5. The number of fused-ring (bicyclic) bond motifs is 40. The van der Waals surface area contributed by atoms with Gasteiger partial charge in [0, 0.05) is 135 Å². The summed E-state index contributed by atoms with van der Waals surface area (Å²) in [6, 6.07) is 171. The van der Waals surface area contributed by atoms with E-state index in [9.17, 15) is 0 Å². The van der Waals surface area contributed by atoms with Gasteiger partial charge in [0.1, 0.15) is 0 Å². The van der Waals surface area contributed by atoms with Crippen LogP contribution in [0.2, 0.25) is 0 Å². The van der Waals surface area contributed by atoms with Crippen molar-refractivity contribution >= 4 is 196 Å². The number of thiophene rings is 3. The first-order valence-electron chi connectivity index (χ1n) is 47.1. The Kier molecular flexibility index (Phi) is 18.2. The van der Waals surface area contributed by atoms with Crippen LogP contribution in [0.1, 0.15) is 66.8 Å². The third kappa shape index (κ3) is 11.8. The normalized spacial score (nSPS) is 14.6. The Hall–Kier alpha value is -15.3. The Balaban J connectivity index is 0.000000100. The summed E-state index contributed by atoms with van der Waals surface area (Å²) in [6.07, 6.45) is 0. The molecule has 646 valence electrons. The molecule has 3 aromatic heterocycles. The fourth-order valence-electron chi connectivity index (χ4n) is 24.3. The van der Waals surface area contributed by atoms with Gasteiger partial charge in [0.05, 0.1) is 16.2 Å². The van der Waals surface area contributed by atoms with E-state index in [-0.39, 0.29) is 0 Å². The van der Waals surface area contributed by atoms with Gasteiger partial charge in [-0.1, -0.05) is 369 Å². The Morgan fingerprint density at radius 3 is 1.08 bits per heavy atom. The quantitative estimate of drug-likeness (QED) is 0.148. The SMILES string of the molecule is c1ccc2c(c1)-c1ccccc1C21c2cc(Nc3cccc4sc5ccccc5c34)ccc2Sc2cc3ccccc3cc21.c1ccc2c(c1)Sc1ccc(-c3c(Nc4cccc5sc6ccccc6c45)ccc4ccccc34)cc1C21c2ccccc2-c2ccccc21.c1ccc2c(c1)Sc1cccc(Nc3cccc4sc5ccccc5c34)c1C21c2ccccc2-c2c1ccc1ccccc21. The van der Waals surface area contributed by atoms with Crippen LogP contribution in [0, 0.1) is 0 Å². The summed E-state index contributed by atoms with van der Waals surface area (Å²) in [4.78, 5) is 7.89. The number of hydrogen-bond donors (Lipinski definition) is 3. The molecule has 3 N–H and O–H groups in total. The van der Waals surface area contributed by atoms with E-state index in [0.29, 0.717) is 0 Å². The van der Waals surface area contributed by atoms with E-state index in [1.165, 1.54) is 233 Å². The van der Waals surface area contributed by atoms with Crippen LogP contribution in [0.3, 0.4) is 0 Å². The zero-order valence-corrected chi connectivity index (χ0v) is 79.2. The molecule has 0 amide bonds. The summed E-state index contributed by atoms with van der Waals surface area (Å²) in [6.45, 7) is 0. The Morgan fingerprint density at radius 2 is 0.529 bits per heavy atom. The maximum absolute atomic E-state index is 4.03. The maximum atomic E-state index is 4.03. The molecule has 31 rings (SSSR count). The van der Waals surface area contributed by atoms with E-state index in [1.807, 2.05) is 69.3 Å². The summed E-state index contributed by atoms with van der Waals surface area (Å²) in [5.41, 5.74) is 32.2. The van der Waals surface area contributed by atoms with E-state index >= 15 is 0 Å². The lowest BCUT2D eigenvalue weighted by Crippen LogP contribution is -2.32. The van der Waals surface area contributed by atoms with Gasteiger partial charge in [-0.3, -0.25) is 0 Å². The average molecular weight is 1860 g/mol. The monoisotopic (exact) mass is 1860 g/mol. The molecule has 22 aromatic carbocycles. The van der Waals surface area contributed by atoms with E-state index < -0.39 is 16.2 Å². The topological polar surface area (TPSA) is 36.1 Å². The van der Waals surface area contributed by atoms with Gasteiger partial charge in [0.25, 0.3) is 0 Å². The second-order valence-electron chi connectivity index (χ2n) is 36.7. The van der Waals surface area contributed by atoms with Crippen LogP contribution in [-0.4, -0.2) is 0 Å². The van der Waals surface area contributed by atoms with Crippen molar-refractivity contribution in [1.29, 1.82) is 0 Å². The maximum Gasteiger partial charge on any atom is 0.0756 e. The number of nitrogens with one attached hydrogen (secondary N) is 3. The smallest absolute Gasteiger partial charge is 0.0756 e. The molecular formula is C129H79N3S6. The van der Waals surface area contributed by atoms with Crippen LogP contribution in [0.25, 0.3) is 137 Å². The summed E-state index contributed by atoms with van der Waals surface area (Å²) in [7, 11) is 0. The lowest BCUT2D eigenvalue weighted by Gasteiger charge is -2.41. The van der Waals surface area contributed by atoms with Crippen LogP contribution in [0.15, 0.2) is 490 Å². The first-order chi connectivity index (χ1) is 68.4. The van der Waals surface area contributed by atoms with Gasteiger partial charge in [-0.2, -0.15) is 0 Å². The second-order valence-corrected chi connectivity index (χ2v) is 43.2. The van der Waals surface area contributed by atoms with Crippen LogP contribution in [0.5, 0.6) is 0 Å². The molecule has 0 radical (unpaired) electrons. The van der Waals surface area contributed by atoms with Crippen molar-refractivity contribution in [2.24, 2.45) is 0 Å². The highest BCUT2D eigenvalue weighted by Gasteiger charge is 2.55. The Labute approximate surface area is 822 Å². The number of benzene rings is 22. The minimum atomic E-state index is -0.457. The van der Waals surface area contributed by atoms with Crippen molar-refractivity contribution in [3.8, 4) is 44.5 Å². The fourth-order valence-corrected chi connectivity index (χ4v) is 31.3. The first kappa shape index (κ1) is 80.0. The van der Waals surface area contributed by atoms with Gasteiger partial charge < -0.3 is 16.0 Å². The third-order valence-corrected chi connectivity index (χ3v) is 36.6. The third-order valence-electron chi connectivity index (χ3n) is 29.7. The summed E-state index contributed by atoms with van der Waals surface area (Å²) < 4.78 is 7.85. The number of anilines is 6. The minimum Gasteiger partial charge on any atom is -0.355 e. The first-order valence-corrected chi connectivity index (χ1v) is 52.0. The largest absolute Gasteiger partial charge is 0.355 e. The van der Waals surface area contributed by atoms with Crippen molar-refractivity contribution in [3.05, 3.63) is 528 Å². The summed E-state index contributed by atoms with van der Waals surface area (Å²) >= 11 is 11.3. The number of hydrogen-bond acceptors (Lipinski definition) is 9. The second kappa shape index (κ2) is 31.4. The van der Waals surface area contributed by atoms with Gasteiger partial charge in [-0.05, 0) is 260 Å². The minimum absolute atomic E-state index is 0.411. The van der Waals surface area contributed by atoms with Crippen molar-refractivity contribution in [3.63, 3.8) is 0 Å². The predicted molar refractivity (Wildman–Crippen MR) is 589 cm³/mol. The molecule has 25 aromatic rings. The van der Waals surface area contributed by atoms with Crippen molar-refractivity contribution < 1.29 is 0 Å². The molecule has 138 heavy (non-hydrogen) atoms. The van der Waals surface area contributed by atoms with Crippen LogP contribution in [-0.2, 0) is 16.2 Å². The number of rotatable bonds is 7. The summed E-state index contributed by atoms with van der Waals surface area (Å²) in [5.74, 6) is 0. The Morgan fingerprint density at radius 1 is 0.174 bits per heavy atom. The molecule has 0 saturated heterocycles. The molecule has 3 nitrogen and oxygen atoms in total. The van der Waals surface area contributed by atoms with E-state index in [4.69, 9.17) is 0 Å². The molecule has 6 heterocycles. The van der Waals surface area contributed by atoms with Crippen molar-refractivity contribution in [1.82, 2.24) is 0 Å². The van der Waals surface area contributed by atoms with Crippen LogP contribution >= 0.6 is 69.3 Å². The van der Waals surface area contributed by atoms with Gasteiger partial charge in [0.2, 0.25) is 0 Å². The van der Waals surface area contributed by atoms with Crippen molar-refractivity contribution in [2.45, 2.75) is 45.6 Å². The lowest BCUT2D eigenvalue weighted by molar-refractivity contribution is 0.723.